The van der Waals surface area contributed by atoms with Gasteiger partial charge in [0.15, 0.2) is 0 Å². The Hall–Kier alpha value is -2.44. The van der Waals surface area contributed by atoms with Crippen LogP contribution in [0.25, 0.3) is 15.5 Å². The van der Waals surface area contributed by atoms with Crippen LogP contribution in [0, 0.1) is 0 Å². The molecule has 0 bridgehead atoms. The summed E-state index contributed by atoms with van der Waals surface area (Å²) < 4.78 is 7.24. The van der Waals surface area contributed by atoms with Crippen LogP contribution in [0.2, 0.25) is 0 Å². The van der Waals surface area contributed by atoms with Crippen molar-refractivity contribution < 1.29 is 14.6 Å². The third kappa shape index (κ3) is 2.43. The van der Waals surface area contributed by atoms with Gasteiger partial charge in [0.1, 0.15) is 0 Å². The zero-order valence-corrected chi connectivity index (χ0v) is 13.2. The molecule has 0 saturated carbocycles. The fraction of sp³-hybridized carbons (Fsp3) is 0.143. The van der Waals surface area contributed by atoms with Crippen LogP contribution in [0.1, 0.15) is 17.3 Å². The summed E-state index contributed by atoms with van der Waals surface area (Å²) in [6, 6.07) is 6.71. The minimum absolute atomic E-state index is 0.0580. The standard InChI is InChI=1S/C14H11N3O4Se/c1-2-21-13(19)9-7-15-14(20)16-11(9)17-12(18)8-5-3-4-6-10(8)22-17/h3-7H,2H2,1H3,(H,15,16,20). The van der Waals surface area contributed by atoms with E-state index in [2.05, 4.69) is 9.97 Å². The van der Waals surface area contributed by atoms with Gasteiger partial charge >= 0.3 is 130 Å². The third-order valence-electron chi connectivity index (χ3n) is 2.94. The minimum atomic E-state index is -0.628. The molecular weight excluding hydrogens is 353 g/mol. The van der Waals surface area contributed by atoms with Crippen LogP contribution in [-0.2, 0) is 4.74 Å². The maximum absolute atomic E-state index is 12.5. The summed E-state index contributed by atoms with van der Waals surface area (Å²) >= 11 is -0.365. The Bertz CT molecular complexity index is 916. The second kappa shape index (κ2) is 5.75. The van der Waals surface area contributed by atoms with Gasteiger partial charge < -0.3 is 0 Å². The molecule has 112 valence electrons. The molecule has 1 N–H and O–H groups in total. The molecule has 3 rings (SSSR count). The van der Waals surface area contributed by atoms with Gasteiger partial charge in [0.25, 0.3) is 0 Å². The van der Waals surface area contributed by atoms with Crippen molar-refractivity contribution in [2.45, 2.75) is 6.92 Å². The van der Waals surface area contributed by atoms with Gasteiger partial charge in [-0.15, -0.1) is 0 Å². The average molecular weight is 364 g/mol. The molecule has 8 heteroatoms. The number of aromatic nitrogens is 3. The first-order valence-electron chi connectivity index (χ1n) is 6.46. The van der Waals surface area contributed by atoms with Crippen LogP contribution in [0.4, 0.5) is 0 Å². The molecule has 0 radical (unpaired) electrons. The first-order valence-corrected chi connectivity index (χ1v) is 8.08. The van der Waals surface area contributed by atoms with Crippen molar-refractivity contribution in [3.05, 3.63) is 46.4 Å². The SMILES string of the molecule is CCOC(=O)c1cnc(O)nc1-n1[se]c2ccccc2c1=O. The molecule has 0 spiro atoms. The predicted molar refractivity (Wildman–Crippen MR) is 79.7 cm³/mol. The molecule has 1 aromatic carbocycles. The Labute approximate surface area is 130 Å². The Kier molecular flexibility index (Phi) is 3.79. The number of ether oxygens (including phenoxy) is 1. The fourth-order valence-electron chi connectivity index (χ4n) is 1.98. The van der Waals surface area contributed by atoms with Gasteiger partial charge in [0, 0.05) is 0 Å². The van der Waals surface area contributed by atoms with Gasteiger partial charge in [-0.25, -0.2) is 0 Å². The van der Waals surface area contributed by atoms with Gasteiger partial charge in [0.2, 0.25) is 0 Å². The van der Waals surface area contributed by atoms with E-state index in [9.17, 15) is 14.7 Å². The van der Waals surface area contributed by atoms with Gasteiger partial charge in [-0.2, -0.15) is 0 Å². The number of benzene rings is 1. The van der Waals surface area contributed by atoms with Crippen LogP contribution < -0.4 is 5.56 Å². The molecule has 7 nitrogen and oxygen atoms in total. The Morgan fingerprint density at radius 3 is 2.91 bits per heavy atom. The molecular formula is C14H11N3O4Se. The van der Waals surface area contributed by atoms with Gasteiger partial charge in [-0.1, -0.05) is 0 Å². The van der Waals surface area contributed by atoms with Crippen LogP contribution in [0.3, 0.4) is 0 Å². The molecule has 0 aliphatic carbocycles. The first-order chi connectivity index (χ1) is 10.6. The van der Waals surface area contributed by atoms with E-state index in [1.54, 1.807) is 19.1 Å². The van der Waals surface area contributed by atoms with Crippen molar-refractivity contribution in [3.8, 4) is 11.8 Å². The number of fused-ring (bicyclic) bond motifs is 1. The molecule has 0 aliphatic heterocycles. The van der Waals surface area contributed by atoms with Crippen molar-refractivity contribution in [2.24, 2.45) is 0 Å². The van der Waals surface area contributed by atoms with Crippen molar-refractivity contribution in [1.82, 2.24) is 13.5 Å². The molecule has 0 saturated heterocycles. The molecule has 0 unspecified atom stereocenters. The van der Waals surface area contributed by atoms with E-state index < -0.39 is 12.0 Å². The molecule has 2 aromatic heterocycles. The van der Waals surface area contributed by atoms with E-state index in [-0.39, 0.29) is 38.3 Å². The van der Waals surface area contributed by atoms with Crippen molar-refractivity contribution >= 4 is 30.3 Å². The molecule has 2 heterocycles. The van der Waals surface area contributed by atoms with E-state index in [1.807, 2.05) is 12.1 Å². The van der Waals surface area contributed by atoms with Crippen molar-refractivity contribution in [3.63, 3.8) is 0 Å². The average Bonchev–Trinajstić information content (AvgIpc) is 2.85. The Morgan fingerprint density at radius 1 is 1.41 bits per heavy atom. The number of nitrogens with zero attached hydrogens (tertiary/aromatic N) is 3. The molecule has 22 heavy (non-hydrogen) atoms. The van der Waals surface area contributed by atoms with Crippen LogP contribution >= 0.6 is 0 Å². The quantitative estimate of drug-likeness (QED) is 0.544. The van der Waals surface area contributed by atoms with Crippen molar-refractivity contribution in [2.75, 3.05) is 6.61 Å². The monoisotopic (exact) mass is 365 g/mol. The number of esters is 1. The number of carbonyl (C=O) groups excluding carboxylic acids is 1. The molecule has 0 fully saturated rings. The van der Waals surface area contributed by atoms with Gasteiger partial charge in [0.05, 0.1) is 0 Å². The molecule has 0 amide bonds. The molecule has 3 aromatic rings. The van der Waals surface area contributed by atoms with Gasteiger partial charge in [-0.05, 0) is 0 Å². The first kappa shape index (κ1) is 14.5. The van der Waals surface area contributed by atoms with E-state index in [0.29, 0.717) is 5.39 Å². The second-order valence-electron chi connectivity index (χ2n) is 4.31. The number of aromatic hydroxyl groups is 1. The zero-order valence-electron chi connectivity index (χ0n) is 11.5. The molecule has 0 aliphatic rings. The van der Waals surface area contributed by atoms with Crippen molar-refractivity contribution in [1.29, 1.82) is 0 Å². The normalized spacial score (nSPS) is 10.8. The van der Waals surface area contributed by atoms with E-state index >= 15 is 0 Å². The number of hydrogen-bond acceptors (Lipinski definition) is 6. The Balaban J connectivity index is 2.25. The van der Waals surface area contributed by atoms with Crippen LogP contribution in [0.5, 0.6) is 6.01 Å². The fourth-order valence-corrected chi connectivity index (χ4v) is 4.07. The van der Waals surface area contributed by atoms with E-state index in [0.717, 1.165) is 4.26 Å². The number of hydrogen-bond donors (Lipinski definition) is 1. The van der Waals surface area contributed by atoms with Gasteiger partial charge in [-0.3, -0.25) is 0 Å². The second-order valence-corrected chi connectivity index (χ2v) is 6.39. The van der Waals surface area contributed by atoms with Crippen LogP contribution in [-0.4, -0.2) is 45.9 Å². The third-order valence-corrected chi connectivity index (χ3v) is 5.19. The predicted octanol–water partition coefficient (Wildman–Crippen LogP) is 0.720. The van der Waals surface area contributed by atoms with E-state index in [1.165, 1.54) is 9.76 Å². The molecule has 0 atom stereocenters. The summed E-state index contributed by atoms with van der Waals surface area (Å²) in [7, 11) is 0. The summed E-state index contributed by atoms with van der Waals surface area (Å²) in [5, 5.41) is 10.1. The summed E-state index contributed by atoms with van der Waals surface area (Å²) in [5.74, 6) is -0.552. The number of carbonyl (C=O) groups is 1. The summed E-state index contributed by atoms with van der Waals surface area (Å²) in [6.45, 7) is 1.87. The summed E-state index contributed by atoms with van der Waals surface area (Å²) in [4.78, 5) is 31.9. The van der Waals surface area contributed by atoms with Crippen LogP contribution in [0.15, 0.2) is 35.3 Å². The summed E-state index contributed by atoms with van der Waals surface area (Å²) in [6.07, 6.45) is 1.17. The maximum atomic E-state index is 12.5. The number of rotatable bonds is 3. The Morgan fingerprint density at radius 2 is 2.18 bits per heavy atom. The van der Waals surface area contributed by atoms with E-state index in [4.69, 9.17) is 4.74 Å². The topological polar surface area (TPSA) is 94.3 Å². The zero-order chi connectivity index (χ0) is 15.7. The summed E-state index contributed by atoms with van der Waals surface area (Å²) in [5.41, 5.74) is -0.193.